The summed E-state index contributed by atoms with van der Waals surface area (Å²) in [6.07, 6.45) is 15.5. The van der Waals surface area contributed by atoms with E-state index in [0.29, 0.717) is 16.7 Å². The monoisotopic (exact) mass is 522 g/mol. The van der Waals surface area contributed by atoms with Crippen LogP contribution in [0.5, 0.6) is 0 Å². The van der Waals surface area contributed by atoms with Crippen molar-refractivity contribution in [1.82, 2.24) is 0 Å². The molecule has 0 amide bonds. The first-order valence-electron chi connectivity index (χ1n) is 15.6. The van der Waals surface area contributed by atoms with Crippen LogP contribution in [0.3, 0.4) is 0 Å². The molecule has 0 aromatic heterocycles. The predicted octanol–water partition coefficient (Wildman–Crippen LogP) is 9.54. The van der Waals surface area contributed by atoms with E-state index in [2.05, 4.69) is 46.5 Å². The highest BCUT2D eigenvalue weighted by Crippen LogP contribution is 2.68. The fraction of sp³-hybridized carbons (Fsp3) is 0.771. The van der Waals surface area contributed by atoms with Gasteiger partial charge >= 0.3 is 0 Å². The van der Waals surface area contributed by atoms with E-state index in [1.54, 1.807) is 0 Å². The second kappa shape index (κ2) is 10.5. The minimum absolute atomic E-state index is 0.374. The van der Waals surface area contributed by atoms with E-state index in [-0.39, 0.29) is 0 Å². The third-order valence-electron chi connectivity index (χ3n) is 12.2. The summed E-state index contributed by atoms with van der Waals surface area (Å²) in [6.45, 7) is 12.6. The molecule has 1 nitrogen and oxygen atoms in total. The molecule has 4 aliphatic rings. The van der Waals surface area contributed by atoms with Gasteiger partial charge in [0, 0.05) is 10.6 Å². The molecule has 2 heteroatoms. The molecule has 0 heterocycles. The van der Waals surface area contributed by atoms with Gasteiger partial charge in [-0.15, -0.1) is 0 Å². The lowest BCUT2D eigenvalue weighted by Crippen LogP contribution is -2.55. The van der Waals surface area contributed by atoms with Crippen molar-refractivity contribution in [3.05, 3.63) is 34.9 Å². The van der Waals surface area contributed by atoms with Crippen LogP contribution < -0.4 is 0 Å². The maximum atomic E-state index is 11.5. The van der Waals surface area contributed by atoms with Gasteiger partial charge in [0.2, 0.25) is 0 Å². The lowest BCUT2D eigenvalue weighted by Gasteiger charge is -2.62. The van der Waals surface area contributed by atoms with Crippen molar-refractivity contribution in [2.75, 3.05) is 0 Å². The first-order valence-corrected chi connectivity index (χ1v) is 15.9. The first-order chi connectivity index (χ1) is 17.5. The van der Waals surface area contributed by atoms with Crippen molar-refractivity contribution in [3.63, 3.8) is 0 Å². The number of benzene rings is 1. The van der Waals surface area contributed by atoms with Crippen molar-refractivity contribution >= 4 is 11.6 Å². The molecule has 37 heavy (non-hydrogen) atoms. The molecule has 5 rings (SSSR count). The Balaban J connectivity index is 1.26. The Morgan fingerprint density at radius 1 is 0.892 bits per heavy atom. The molecule has 0 unspecified atom stereocenters. The van der Waals surface area contributed by atoms with E-state index in [1.165, 1.54) is 57.8 Å². The second-order valence-electron chi connectivity index (χ2n) is 14.7. The molecule has 0 radical (unpaired) electrons. The van der Waals surface area contributed by atoms with Crippen LogP contribution >= 0.6 is 11.6 Å². The molecule has 4 saturated carbocycles. The van der Waals surface area contributed by atoms with Crippen molar-refractivity contribution in [1.29, 1.82) is 0 Å². The average Bonchev–Trinajstić information content (AvgIpc) is 3.21. The summed E-state index contributed by atoms with van der Waals surface area (Å²) in [5, 5.41) is 12.3. The molecule has 1 aromatic carbocycles. The van der Waals surface area contributed by atoms with E-state index < -0.39 is 5.60 Å². The number of hydrogen-bond acceptors (Lipinski definition) is 1. The molecule has 204 valence electrons. The Morgan fingerprint density at radius 2 is 1.62 bits per heavy atom. The van der Waals surface area contributed by atoms with Gasteiger partial charge in [-0.2, -0.15) is 0 Å². The minimum atomic E-state index is -0.844. The first kappa shape index (κ1) is 27.6. The number of rotatable bonds is 5. The number of aliphatic hydroxyl groups is 1. The van der Waals surface area contributed by atoms with Crippen molar-refractivity contribution in [2.24, 2.45) is 52.3 Å². The summed E-state index contributed by atoms with van der Waals surface area (Å²) in [4.78, 5) is 0. The maximum Gasteiger partial charge on any atom is 0.126 e. The van der Waals surface area contributed by atoms with E-state index >= 15 is 0 Å². The molecule has 1 aromatic rings. The maximum absolute atomic E-state index is 11.5. The van der Waals surface area contributed by atoms with Gasteiger partial charge in [-0.3, -0.25) is 0 Å². The third-order valence-corrected chi connectivity index (χ3v) is 12.5. The average molecular weight is 523 g/mol. The minimum Gasteiger partial charge on any atom is -0.378 e. The Morgan fingerprint density at radius 3 is 2.35 bits per heavy atom. The fourth-order valence-corrected chi connectivity index (χ4v) is 10.2. The third kappa shape index (κ3) is 5.29. The zero-order chi connectivity index (χ0) is 26.4. The van der Waals surface area contributed by atoms with Gasteiger partial charge in [-0.25, -0.2) is 0 Å². The molecule has 0 spiro atoms. The molecular weight excluding hydrogens is 472 g/mol. The summed E-state index contributed by atoms with van der Waals surface area (Å²) >= 11 is 6.03. The van der Waals surface area contributed by atoms with Crippen molar-refractivity contribution < 1.29 is 5.11 Å². The van der Waals surface area contributed by atoms with Gasteiger partial charge < -0.3 is 5.11 Å². The van der Waals surface area contributed by atoms with Crippen molar-refractivity contribution in [3.8, 4) is 11.8 Å². The van der Waals surface area contributed by atoms with Crippen LogP contribution in [0.1, 0.15) is 117 Å². The van der Waals surface area contributed by atoms with Gasteiger partial charge in [0.05, 0.1) is 0 Å². The zero-order valence-electron chi connectivity index (χ0n) is 24.2. The van der Waals surface area contributed by atoms with E-state index in [4.69, 9.17) is 11.6 Å². The Labute approximate surface area is 232 Å². The highest BCUT2D eigenvalue weighted by molar-refractivity contribution is 6.30. The number of hydrogen-bond donors (Lipinski definition) is 1. The van der Waals surface area contributed by atoms with Crippen LogP contribution in [0.15, 0.2) is 24.3 Å². The lowest BCUT2D eigenvalue weighted by molar-refractivity contribution is -0.140. The molecule has 0 aliphatic heterocycles. The molecular formula is C35H51ClO. The summed E-state index contributed by atoms with van der Waals surface area (Å²) < 4.78 is 0. The molecule has 9 atom stereocenters. The smallest absolute Gasteiger partial charge is 0.126 e. The topological polar surface area (TPSA) is 20.2 Å². The largest absolute Gasteiger partial charge is 0.378 e. The Hall–Kier alpha value is -0.970. The zero-order valence-corrected chi connectivity index (χ0v) is 24.9. The second-order valence-corrected chi connectivity index (χ2v) is 15.1. The quantitative estimate of drug-likeness (QED) is 0.381. The van der Waals surface area contributed by atoms with Gasteiger partial charge in [-0.1, -0.05) is 77.3 Å². The van der Waals surface area contributed by atoms with Gasteiger partial charge in [0.1, 0.15) is 5.60 Å². The van der Waals surface area contributed by atoms with Crippen LogP contribution in [0, 0.1) is 64.1 Å². The van der Waals surface area contributed by atoms with Gasteiger partial charge in [0.25, 0.3) is 0 Å². The normalized spacial score (nSPS) is 41.8. The molecule has 4 fully saturated rings. The fourth-order valence-electron chi connectivity index (χ4n) is 10.1. The molecule has 4 aliphatic carbocycles. The standard InChI is InChI=1S/C35H51ClO/c1-24(2)7-6-8-25(3)30-15-16-31-29-14-11-27-23-35(37,20-17-26-9-12-28(36)13-10-26)22-21-33(27,4)32(29)18-19-34(30,31)5/h9-10,12-13,24-25,27,29-32,37H,6-8,11,14-16,18-19,21-23H2,1-5H3/t25-,27+,29+,30-,31+,32+,33+,34-,35+/m1/s1. The number of fused-ring (bicyclic) bond motifs is 5. The summed E-state index contributed by atoms with van der Waals surface area (Å²) in [5.41, 5.74) is 1.03. The number of halogens is 1. The highest BCUT2D eigenvalue weighted by atomic mass is 35.5. The van der Waals surface area contributed by atoms with Crippen LogP contribution in [0.2, 0.25) is 5.02 Å². The Bertz CT molecular complexity index is 1000. The van der Waals surface area contributed by atoms with Crippen molar-refractivity contribution in [2.45, 2.75) is 117 Å². The molecule has 0 bridgehead atoms. The van der Waals surface area contributed by atoms with E-state index in [1.807, 2.05) is 24.3 Å². The van der Waals surface area contributed by atoms with Crippen LogP contribution in [0.25, 0.3) is 0 Å². The van der Waals surface area contributed by atoms with Crippen LogP contribution in [0.4, 0.5) is 0 Å². The summed E-state index contributed by atoms with van der Waals surface area (Å²) in [7, 11) is 0. The van der Waals surface area contributed by atoms with Gasteiger partial charge in [-0.05, 0) is 134 Å². The molecule has 0 saturated heterocycles. The summed E-state index contributed by atoms with van der Waals surface area (Å²) in [6, 6.07) is 7.67. The molecule has 1 N–H and O–H groups in total. The van der Waals surface area contributed by atoms with Crippen LogP contribution in [-0.2, 0) is 0 Å². The SMILES string of the molecule is CC(C)CCC[C@@H](C)[C@H]1CC[C@H]2[C@@H]3CC[C@H]4C[C@](O)(C#Cc5ccc(Cl)cc5)CC[C@]4(C)[C@H]3CC[C@]12C. The Kier molecular flexibility index (Phi) is 7.86. The predicted molar refractivity (Wildman–Crippen MR) is 156 cm³/mol. The van der Waals surface area contributed by atoms with Crippen LogP contribution in [-0.4, -0.2) is 10.7 Å². The summed E-state index contributed by atoms with van der Waals surface area (Å²) in [5.74, 6) is 12.5. The highest BCUT2D eigenvalue weighted by Gasteiger charge is 2.61. The van der Waals surface area contributed by atoms with E-state index in [9.17, 15) is 5.11 Å². The van der Waals surface area contributed by atoms with Gasteiger partial charge in [0.15, 0.2) is 0 Å². The lowest BCUT2D eigenvalue weighted by atomic mass is 9.43. The van der Waals surface area contributed by atoms with E-state index in [0.717, 1.165) is 65.4 Å².